The molecule has 1 fully saturated rings. The summed E-state index contributed by atoms with van der Waals surface area (Å²) in [5.41, 5.74) is 0. The van der Waals surface area contributed by atoms with Crippen LogP contribution in [0.4, 0.5) is 0 Å². The van der Waals surface area contributed by atoms with E-state index in [1.165, 1.54) is 37.4 Å². The summed E-state index contributed by atoms with van der Waals surface area (Å²) >= 11 is 1.73. The first-order valence-corrected chi connectivity index (χ1v) is 6.53. The normalized spacial score (nSPS) is 23.9. The van der Waals surface area contributed by atoms with Gasteiger partial charge in [0.25, 0.3) is 0 Å². The Kier molecular flexibility index (Phi) is 4.11. The molecule has 1 aromatic rings. The molecular weight excluding hydrogens is 206 g/mol. The van der Waals surface area contributed by atoms with Crippen LogP contribution in [0.25, 0.3) is 0 Å². The van der Waals surface area contributed by atoms with Gasteiger partial charge in [0.1, 0.15) is 5.01 Å². The van der Waals surface area contributed by atoms with E-state index in [4.69, 9.17) is 0 Å². The number of thiazole rings is 1. The number of hydrogen-bond donors (Lipinski definition) is 1. The van der Waals surface area contributed by atoms with Crippen LogP contribution in [-0.2, 0) is 6.54 Å². The Hall–Kier alpha value is -0.450. The van der Waals surface area contributed by atoms with Crippen molar-refractivity contribution in [2.75, 3.05) is 20.1 Å². The largest absolute Gasteiger partial charge is 0.308 e. The second kappa shape index (κ2) is 5.58. The summed E-state index contributed by atoms with van der Waals surface area (Å²) in [5, 5.41) is 6.85. The third-order valence-corrected chi connectivity index (χ3v) is 3.76. The van der Waals surface area contributed by atoms with Crippen molar-refractivity contribution in [1.29, 1.82) is 0 Å². The fourth-order valence-electron chi connectivity index (χ4n) is 2.02. The van der Waals surface area contributed by atoms with Gasteiger partial charge in [-0.15, -0.1) is 11.3 Å². The maximum absolute atomic E-state index is 4.28. The molecule has 1 saturated heterocycles. The van der Waals surface area contributed by atoms with Crippen LogP contribution in [0.15, 0.2) is 11.6 Å². The van der Waals surface area contributed by atoms with Gasteiger partial charge in [0, 0.05) is 24.2 Å². The highest BCUT2D eigenvalue weighted by atomic mass is 32.1. The number of aromatic nitrogens is 1. The molecule has 2 heterocycles. The second-order valence-electron chi connectivity index (χ2n) is 4.24. The Bertz CT molecular complexity index is 273. The van der Waals surface area contributed by atoms with Crippen LogP contribution < -0.4 is 5.32 Å². The molecule has 0 aromatic carbocycles. The molecule has 0 amide bonds. The number of nitrogens with one attached hydrogen (secondary N) is 1. The fourth-order valence-corrected chi connectivity index (χ4v) is 2.58. The molecule has 84 valence electrons. The standard InChI is InChI=1S/C11H19N3S/c1-14-6-2-3-10(4-7-14)13-9-11-12-5-8-15-11/h5,8,10,13H,2-4,6-7,9H2,1H3. The quantitative estimate of drug-likeness (QED) is 0.849. The van der Waals surface area contributed by atoms with Gasteiger partial charge in [0.2, 0.25) is 0 Å². The number of likely N-dealkylation sites (tertiary alicyclic amines) is 1. The molecule has 15 heavy (non-hydrogen) atoms. The average molecular weight is 225 g/mol. The van der Waals surface area contributed by atoms with E-state index in [0.29, 0.717) is 6.04 Å². The lowest BCUT2D eigenvalue weighted by Gasteiger charge is -2.15. The molecule has 1 aromatic heterocycles. The lowest BCUT2D eigenvalue weighted by Crippen LogP contribution is -2.29. The smallest absolute Gasteiger partial charge is 0.106 e. The molecule has 0 aliphatic carbocycles. The SMILES string of the molecule is CN1CCCC(NCc2nccs2)CC1. The minimum atomic E-state index is 0.679. The predicted octanol–water partition coefficient (Wildman–Crippen LogP) is 1.72. The predicted molar refractivity (Wildman–Crippen MR) is 64.1 cm³/mol. The molecule has 1 N–H and O–H groups in total. The van der Waals surface area contributed by atoms with Gasteiger partial charge in [0.05, 0.1) is 0 Å². The minimum absolute atomic E-state index is 0.679. The number of rotatable bonds is 3. The van der Waals surface area contributed by atoms with E-state index in [9.17, 15) is 0 Å². The highest BCUT2D eigenvalue weighted by Gasteiger charge is 2.14. The average Bonchev–Trinajstić information content (AvgIpc) is 2.66. The Balaban J connectivity index is 1.74. The minimum Gasteiger partial charge on any atom is -0.308 e. The molecule has 0 spiro atoms. The van der Waals surface area contributed by atoms with Crippen molar-refractivity contribution < 1.29 is 0 Å². The van der Waals surface area contributed by atoms with E-state index in [1.54, 1.807) is 11.3 Å². The van der Waals surface area contributed by atoms with Gasteiger partial charge in [-0.25, -0.2) is 4.98 Å². The van der Waals surface area contributed by atoms with Gasteiger partial charge < -0.3 is 10.2 Å². The summed E-state index contributed by atoms with van der Waals surface area (Å²) in [6, 6.07) is 0.679. The third kappa shape index (κ3) is 3.55. The molecule has 1 unspecified atom stereocenters. The molecule has 0 bridgehead atoms. The first-order chi connectivity index (χ1) is 7.34. The third-order valence-electron chi connectivity index (χ3n) is 2.98. The summed E-state index contributed by atoms with van der Waals surface area (Å²) in [6.45, 7) is 3.40. The summed E-state index contributed by atoms with van der Waals surface area (Å²) in [6.07, 6.45) is 5.76. The second-order valence-corrected chi connectivity index (χ2v) is 5.22. The van der Waals surface area contributed by atoms with Crippen molar-refractivity contribution in [2.24, 2.45) is 0 Å². The van der Waals surface area contributed by atoms with Crippen LogP contribution in [0.1, 0.15) is 24.3 Å². The highest BCUT2D eigenvalue weighted by Crippen LogP contribution is 2.11. The summed E-state index contributed by atoms with van der Waals surface area (Å²) in [4.78, 5) is 6.71. The van der Waals surface area contributed by atoms with Crippen molar-refractivity contribution in [3.63, 3.8) is 0 Å². The van der Waals surface area contributed by atoms with E-state index < -0.39 is 0 Å². The van der Waals surface area contributed by atoms with Crippen LogP contribution in [0.2, 0.25) is 0 Å². The molecule has 1 atom stereocenters. The van der Waals surface area contributed by atoms with Gasteiger partial charge in [-0.05, 0) is 39.4 Å². The highest BCUT2D eigenvalue weighted by molar-refractivity contribution is 7.09. The van der Waals surface area contributed by atoms with Crippen molar-refractivity contribution in [3.05, 3.63) is 16.6 Å². The van der Waals surface area contributed by atoms with Crippen molar-refractivity contribution in [2.45, 2.75) is 31.8 Å². The zero-order chi connectivity index (χ0) is 10.5. The van der Waals surface area contributed by atoms with E-state index in [1.807, 2.05) is 11.6 Å². The topological polar surface area (TPSA) is 28.2 Å². The molecule has 1 aliphatic heterocycles. The van der Waals surface area contributed by atoms with Crippen LogP contribution in [0.5, 0.6) is 0 Å². The first-order valence-electron chi connectivity index (χ1n) is 5.65. The maximum Gasteiger partial charge on any atom is 0.106 e. The van der Waals surface area contributed by atoms with E-state index in [-0.39, 0.29) is 0 Å². The van der Waals surface area contributed by atoms with Crippen LogP contribution in [0.3, 0.4) is 0 Å². The monoisotopic (exact) mass is 225 g/mol. The van der Waals surface area contributed by atoms with Crippen LogP contribution in [-0.4, -0.2) is 36.1 Å². The first kappa shape index (κ1) is 11.0. The molecule has 1 aliphatic rings. The molecule has 3 nitrogen and oxygen atoms in total. The Morgan fingerprint density at radius 2 is 2.47 bits per heavy atom. The van der Waals surface area contributed by atoms with Gasteiger partial charge in [-0.1, -0.05) is 0 Å². The zero-order valence-corrected chi connectivity index (χ0v) is 10.1. The van der Waals surface area contributed by atoms with Crippen molar-refractivity contribution in [1.82, 2.24) is 15.2 Å². The maximum atomic E-state index is 4.28. The summed E-state index contributed by atoms with van der Waals surface area (Å²) < 4.78 is 0. The Morgan fingerprint density at radius 1 is 1.53 bits per heavy atom. The van der Waals surface area contributed by atoms with Gasteiger partial charge in [-0.3, -0.25) is 0 Å². The number of hydrogen-bond acceptors (Lipinski definition) is 4. The van der Waals surface area contributed by atoms with Crippen molar-refractivity contribution >= 4 is 11.3 Å². The van der Waals surface area contributed by atoms with Crippen LogP contribution in [0, 0.1) is 0 Å². The number of nitrogens with zero attached hydrogens (tertiary/aromatic N) is 2. The van der Waals surface area contributed by atoms with Gasteiger partial charge >= 0.3 is 0 Å². The lowest BCUT2D eigenvalue weighted by molar-refractivity contribution is 0.343. The Labute approximate surface area is 95.5 Å². The van der Waals surface area contributed by atoms with Gasteiger partial charge in [0.15, 0.2) is 0 Å². The van der Waals surface area contributed by atoms with E-state index in [2.05, 4.69) is 22.2 Å². The van der Waals surface area contributed by atoms with E-state index in [0.717, 1.165) is 6.54 Å². The molecule has 0 saturated carbocycles. The summed E-state index contributed by atoms with van der Waals surface area (Å²) in [7, 11) is 2.21. The molecule has 0 radical (unpaired) electrons. The van der Waals surface area contributed by atoms with Crippen LogP contribution >= 0.6 is 11.3 Å². The fraction of sp³-hybridized carbons (Fsp3) is 0.727. The molecular formula is C11H19N3S. The molecule has 4 heteroatoms. The molecule has 2 rings (SSSR count). The van der Waals surface area contributed by atoms with Crippen molar-refractivity contribution in [3.8, 4) is 0 Å². The summed E-state index contributed by atoms with van der Waals surface area (Å²) in [5.74, 6) is 0. The van der Waals surface area contributed by atoms with Gasteiger partial charge in [-0.2, -0.15) is 0 Å². The lowest BCUT2D eigenvalue weighted by atomic mass is 10.1. The van der Waals surface area contributed by atoms with E-state index >= 15 is 0 Å². The zero-order valence-electron chi connectivity index (χ0n) is 9.28. The Morgan fingerprint density at radius 3 is 3.27 bits per heavy atom.